The Labute approximate surface area is 194 Å². The van der Waals surface area contributed by atoms with E-state index in [0.29, 0.717) is 31.5 Å². The van der Waals surface area contributed by atoms with Gasteiger partial charge >= 0.3 is 12.2 Å². The maximum Gasteiger partial charge on any atom is 0.449 e. The standard InChI is InChI=1S/C24H26F3N5O2/c1-31(2)23(34)32-12-10-16(11-13-32)21(33)30-20(15-6-4-3-5-7-15)17-8-9-18-19(14-17)29-22(28-18)24(25,26)27/h3-9,14,16,20H,10-13H2,1-2H3,(H,28,29)(H,30,33). The van der Waals surface area contributed by atoms with Crippen LogP contribution in [-0.2, 0) is 11.0 Å². The van der Waals surface area contributed by atoms with Crippen molar-refractivity contribution in [2.75, 3.05) is 27.2 Å². The van der Waals surface area contributed by atoms with Gasteiger partial charge in [-0.15, -0.1) is 0 Å². The van der Waals surface area contributed by atoms with Crippen LogP contribution in [0.4, 0.5) is 18.0 Å². The van der Waals surface area contributed by atoms with Crippen LogP contribution in [-0.4, -0.2) is 58.9 Å². The molecule has 2 heterocycles. The van der Waals surface area contributed by atoms with E-state index in [1.807, 2.05) is 30.3 Å². The lowest BCUT2D eigenvalue weighted by Gasteiger charge is -2.33. The molecule has 0 saturated carbocycles. The molecular weight excluding hydrogens is 447 g/mol. The number of carbonyl (C=O) groups excluding carboxylic acids is 2. The number of rotatable bonds is 4. The van der Waals surface area contributed by atoms with Gasteiger partial charge in [0.1, 0.15) is 0 Å². The number of imidazole rings is 1. The third-order valence-corrected chi connectivity index (χ3v) is 6.05. The summed E-state index contributed by atoms with van der Waals surface area (Å²) in [5, 5.41) is 3.08. The number of fused-ring (bicyclic) bond motifs is 1. The number of aromatic amines is 1. The lowest BCUT2D eigenvalue weighted by molar-refractivity contribution is -0.144. The quantitative estimate of drug-likeness (QED) is 0.597. The highest BCUT2D eigenvalue weighted by Gasteiger charge is 2.35. The second kappa shape index (κ2) is 9.36. The lowest BCUT2D eigenvalue weighted by Crippen LogP contribution is -2.46. The largest absolute Gasteiger partial charge is 0.449 e. The van der Waals surface area contributed by atoms with Crippen molar-refractivity contribution in [3.8, 4) is 0 Å². The number of hydrogen-bond acceptors (Lipinski definition) is 3. The fourth-order valence-corrected chi connectivity index (χ4v) is 4.22. The summed E-state index contributed by atoms with van der Waals surface area (Å²) < 4.78 is 39.2. The van der Waals surface area contributed by atoms with E-state index < -0.39 is 18.0 Å². The number of benzene rings is 2. The van der Waals surface area contributed by atoms with Gasteiger partial charge in [-0.25, -0.2) is 9.78 Å². The van der Waals surface area contributed by atoms with Crippen LogP contribution in [0.2, 0.25) is 0 Å². The Morgan fingerprint density at radius 3 is 2.38 bits per heavy atom. The van der Waals surface area contributed by atoms with Gasteiger partial charge in [-0.05, 0) is 36.1 Å². The molecule has 0 radical (unpaired) electrons. The molecule has 1 aromatic heterocycles. The predicted molar refractivity (Wildman–Crippen MR) is 121 cm³/mol. The first-order chi connectivity index (χ1) is 16.1. The first-order valence-corrected chi connectivity index (χ1v) is 11.0. The molecule has 1 aliphatic heterocycles. The van der Waals surface area contributed by atoms with E-state index in [1.54, 1.807) is 31.1 Å². The van der Waals surface area contributed by atoms with Gasteiger partial charge < -0.3 is 20.1 Å². The van der Waals surface area contributed by atoms with E-state index in [4.69, 9.17) is 0 Å². The molecule has 1 unspecified atom stereocenters. The summed E-state index contributed by atoms with van der Waals surface area (Å²) in [7, 11) is 3.39. The number of amides is 3. The fourth-order valence-electron chi connectivity index (χ4n) is 4.22. The third kappa shape index (κ3) is 5.00. The summed E-state index contributed by atoms with van der Waals surface area (Å²) in [6, 6.07) is 13.4. The Bertz CT molecular complexity index is 1170. The van der Waals surface area contributed by atoms with Crippen LogP contribution < -0.4 is 5.32 Å². The number of alkyl halides is 3. The molecule has 1 atom stereocenters. The molecule has 1 saturated heterocycles. The van der Waals surface area contributed by atoms with Gasteiger partial charge in [0.15, 0.2) is 0 Å². The van der Waals surface area contributed by atoms with Crippen molar-refractivity contribution >= 4 is 23.0 Å². The van der Waals surface area contributed by atoms with Crippen LogP contribution >= 0.6 is 0 Å². The molecule has 180 valence electrons. The van der Waals surface area contributed by atoms with Gasteiger partial charge in [-0.1, -0.05) is 36.4 Å². The summed E-state index contributed by atoms with van der Waals surface area (Å²) in [4.78, 5) is 34.5. The number of H-pyrrole nitrogens is 1. The maximum absolute atomic E-state index is 13.2. The number of likely N-dealkylation sites (tertiary alicyclic amines) is 1. The number of hydrogen-bond donors (Lipinski definition) is 2. The number of piperidine rings is 1. The molecule has 2 N–H and O–H groups in total. The van der Waals surface area contributed by atoms with Crippen molar-refractivity contribution in [1.82, 2.24) is 25.1 Å². The SMILES string of the molecule is CN(C)C(=O)N1CCC(C(=O)NC(c2ccccc2)c2ccc3nc(C(F)(F)F)[nH]c3c2)CC1. The first kappa shape index (κ1) is 23.6. The van der Waals surface area contributed by atoms with Crippen LogP contribution in [0, 0.1) is 5.92 Å². The zero-order chi connectivity index (χ0) is 24.5. The molecule has 1 aliphatic rings. The van der Waals surface area contributed by atoms with Gasteiger partial charge in [-0.3, -0.25) is 4.79 Å². The van der Waals surface area contributed by atoms with E-state index in [2.05, 4.69) is 15.3 Å². The molecule has 7 nitrogen and oxygen atoms in total. The average molecular weight is 473 g/mol. The smallest absolute Gasteiger partial charge is 0.345 e. The molecule has 0 aliphatic carbocycles. The van der Waals surface area contributed by atoms with Gasteiger partial charge in [0.2, 0.25) is 11.7 Å². The van der Waals surface area contributed by atoms with Gasteiger partial charge in [0, 0.05) is 33.1 Å². The zero-order valence-electron chi connectivity index (χ0n) is 18.9. The van der Waals surface area contributed by atoms with Crippen molar-refractivity contribution in [3.05, 3.63) is 65.5 Å². The number of halogens is 3. The first-order valence-electron chi connectivity index (χ1n) is 11.0. The van der Waals surface area contributed by atoms with Crippen molar-refractivity contribution in [2.24, 2.45) is 5.92 Å². The minimum atomic E-state index is -4.57. The Balaban J connectivity index is 1.56. The van der Waals surface area contributed by atoms with Crippen LogP contribution in [0.3, 0.4) is 0 Å². The number of carbonyl (C=O) groups is 2. The van der Waals surface area contributed by atoms with Gasteiger partial charge in [-0.2, -0.15) is 13.2 Å². The minimum Gasteiger partial charge on any atom is -0.345 e. The molecule has 1 fully saturated rings. The summed E-state index contributed by atoms with van der Waals surface area (Å²) in [5.41, 5.74) is 1.90. The topological polar surface area (TPSA) is 81.3 Å². The molecular formula is C24H26F3N5O2. The Hall–Kier alpha value is -3.56. The van der Waals surface area contributed by atoms with E-state index in [0.717, 1.165) is 5.56 Å². The van der Waals surface area contributed by atoms with Crippen molar-refractivity contribution in [2.45, 2.75) is 25.1 Å². The molecule has 34 heavy (non-hydrogen) atoms. The highest BCUT2D eigenvalue weighted by Crippen LogP contribution is 2.31. The second-order valence-corrected chi connectivity index (χ2v) is 8.65. The summed E-state index contributed by atoms with van der Waals surface area (Å²) in [6.07, 6.45) is -3.49. The number of nitrogens with one attached hydrogen (secondary N) is 2. The minimum absolute atomic E-state index is 0.0768. The third-order valence-electron chi connectivity index (χ3n) is 6.05. The average Bonchev–Trinajstić information content (AvgIpc) is 3.27. The van der Waals surface area contributed by atoms with Crippen molar-refractivity contribution < 1.29 is 22.8 Å². The molecule has 4 rings (SSSR count). The van der Waals surface area contributed by atoms with Gasteiger partial charge in [0.25, 0.3) is 0 Å². The van der Waals surface area contributed by atoms with Crippen LogP contribution in [0.1, 0.15) is 35.8 Å². The Morgan fingerprint density at radius 1 is 1.09 bits per heavy atom. The molecule has 0 spiro atoms. The maximum atomic E-state index is 13.2. The fraction of sp³-hybridized carbons (Fsp3) is 0.375. The second-order valence-electron chi connectivity index (χ2n) is 8.65. The van der Waals surface area contributed by atoms with E-state index in [-0.39, 0.29) is 28.9 Å². The highest BCUT2D eigenvalue weighted by molar-refractivity contribution is 5.81. The molecule has 10 heteroatoms. The van der Waals surface area contributed by atoms with E-state index >= 15 is 0 Å². The zero-order valence-corrected chi connectivity index (χ0v) is 18.9. The van der Waals surface area contributed by atoms with E-state index in [9.17, 15) is 22.8 Å². The Morgan fingerprint density at radius 2 is 1.76 bits per heavy atom. The van der Waals surface area contributed by atoms with Crippen molar-refractivity contribution in [1.29, 1.82) is 0 Å². The number of urea groups is 1. The lowest BCUT2D eigenvalue weighted by atomic mass is 9.93. The number of aromatic nitrogens is 2. The predicted octanol–water partition coefficient (Wildman–Crippen LogP) is 4.18. The van der Waals surface area contributed by atoms with Crippen LogP contribution in [0.15, 0.2) is 48.5 Å². The number of nitrogens with zero attached hydrogens (tertiary/aromatic N) is 3. The Kier molecular flexibility index (Phi) is 6.49. The molecule has 0 bridgehead atoms. The normalized spacial score (nSPS) is 15.9. The molecule has 3 amide bonds. The van der Waals surface area contributed by atoms with E-state index in [1.165, 1.54) is 11.0 Å². The summed E-state index contributed by atoms with van der Waals surface area (Å²) in [5.74, 6) is -1.46. The monoisotopic (exact) mass is 473 g/mol. The summed E-state index contributed by atoms with van der Waals surface area (Å²) in [6.45, 7) is 0.983. The van der Waals surface area contributed by atoms with Crippen LogP contribution in [0.5, 0.6) is 0 Å². The summed E-state index contributed by atoms with van der Waals surface area (Å²) >= 11 is 0. The van der Waals surface area contributed by atoms with Crippen molar-refractivity contribution in [3.63, 3.8) is 0 Å². The van der Waals surface area contributed by atoms with Gasteiger partial charge in [0.05, 0.1) is 17.1 Å². The van der Waals surface area contributed by atoms with Crippen LogP contribution in [0.25, 0.3) is 11.0 Å². The molecule has 2 aromatic carbocycles. The highest BCUT2D eigenvalue weighted by atomic mass is 19.4. The molecule has 3 aromatic rings.